The molecule has 1 aromatic rings. The molecule has 0 fully saturated rings. The summed E-state index contributed by atoms with van der Waals surface area (Å²) in [4.78, 5) is 12.0. The fraction of sp³-hybridized carbons (Fsp3) is 0.462. The average Bonchev–Trinajstić information content (AvgIpc) is 2.72. The summed E-state index contributed by atoms with van der Waals surface area (Å²) in [5.41, 5.74) is 1.61. The minimum Gasteiger partial charge on any atom is -0.394 e. The second kappa shape index (κ2) is 4.37. The van der Waals surface area contributed by atoms with Crippen molar-refractivity contribution in [1.29, 1.82) is 0 Å². The predicted octanol–water partition coefficient (Wildman–Crippen LogP) is 0.910. The number of amides is 1. The van der Waals surface area contributed by atoms with Gasteiger partial charge in [-0.2, -0.15) is 0 Å². The highest BCUT2D eigenvalue weighted by atomic mass is 16.3. The molecule has 1 heterocycles. The van der Waals surface area contributed by atoms with Crippen LogP contribution in [-0.2, 0) is 11.2 Å². The van der Waals surface area contributed by atoms with Crippen molar-refractivity contribution in [2.45, 2.75) is 31.8 Å². The van der Waals surface area contributed by atoms with E-state index < -0.39 is 5.54 Å². The summed E-state index contributed by atoms with van der Waals surface area (Å²) >= 11 is 0. The van der Waals surface area contributed by atoms with E-state index in [4.69, 9.17) is 5.11 Å². The maximum Gasteiger partial charge on any atom is 0.243 e. The van der Waals surface area contributed by atoms with E-state index in [1.807, 2.05) is 24.3 Å². The zero-order valence-electron chi connectivity index (χ0n) is 10.2. The number of anilines is 1. The highest BCUT2D eigenvalue weighted by Crippen LogP contribution is 2.25. The third-order valence-corrected chi connectivity index (χ3v) is 2.94. The molecular weight excluding hydrogens is 216 g/mol. The lowest BCUT2D eigenvalue weighted by Crippen LogP contribution is -2.51. The van der Waals surface area contributed by atoms with E-state index in [1.165, 1.54) is 0 Å². The van der Waals surface area contributed by atoms with Crippen molar-refractivity contribution in [3.63, 3.8) is 0 Å². The van der Waals surface area contributed by atoms with Gasteiger partial charge in [-0.1, -0.05) is 18.2 Å². The van der Waals surface area contributed by atoms with E-state index in [-0.39, 0.29) is 18.6 Å². The number of aliphatic hydroxyl groups excluding tert-OH is 1. The molecule has 92 valence electrons. The number of para-hydroxylation sites is 1. The zero-order valence-corrected chi connectivity index (χ0v) is 10.2. The van der Waals surface area contributed by atoms with Gasteiger partial charge in [-0.05, 0) is 25.5 Å². The van der Waals surface area contributed by atoms with Crippen LogP contribution in [0, 0.1) is 0 Å². The second-order valence-corrected chi connectivity index (χ2v) is 5.09. The van der Waals surface area contributed by atoms with E-state index in [9.17, 15) is 4.79 Å². The van der Waals surface area contributed by atoms with Gasteiger partial charge in [0.05, 0.1) is 12.1 Å². The van der Waals surface area contributed by atoms with Crippen molar-refractivity contribution in [2.75, 3.05) is 11.9 Å². The number of rotatable bonds is 3. The maximum atomic E-state index is 12.0. The second-order valence-electron chi connectivity index (χ2n) is 5.09. The van der Waals surface area contributed by atoms with Gasteiger partial charge in [0, 0.05) is 12.1 Å². The van der Waals surface area contributed by atoms with Crippen molar-refractivity contribution in [3.8, 4) is 0 Å². The summed E-state index contributed by atoms with van der Waals surface area (Å²) in [5.74, 6) is -0.0692. The van der Waals surface area contributed by atoms with Gasteiger partial charge in [0.2, 0.25) is 5.91 Å². The van der Waals surface area contributed by atoms with Gasteiger partial charge in [-0.25, -0.2) is 0 Å². The number of fused-ring (bicyclic) bond motifs is 1. The Morgan fingerprint density at radius 1 is 1.53 bits per heavy atom. The molecule has 0 saturated carbocycles. The molecule has 3 N–H and O–H groups in total. The number of nitrogens with one attached hydrogen (secondary N) is 2. The van der Waals surface area contributed by atoms with Crippen LogP contribution in [-0.4, -0.2) is 29.2 Å². The van der Waals surface area contributed by atoms with Crippen LogP contribution in [0.15, 0.2) is 24.3 Å². The van der Waals surface area contributed by atoms with Crippen LogP contribution in [0.1, 0.15) is 19.4 Å². The molecule has 4 nitrogen and oxygen atoms in total. The quantitative estimate of drug-likeness (QED) is 0.728. The molecule has 1 aliphatic rings. The summed E-state index contributed by atoms with van der Waals surface area (Å²) < 4.78 is 0. The number of hydrogen-bond acceptors (Lipinski definition) is 3. The van der Waals surface area contributed by atoms with E-state index in [2.05, 4.69) is 10.6 Å². The van der Waals surface area contributed by atoms with Crippen molar-refractivity contribution < 1.29 is 9.90 Å². The van der Waals surface area contributed by atoms with Crippen molar-refractivity contribution >= 4 is 11.6 Å². The van der Waals surface area contributed by atoms with Crippen molar-refractivity contribution in [1.82, 2.24) is 5.32 Å². The molecule has 1 atom stereocenters. The topological polar surface area (TPSA) is 61.4 Å². The molecule has 2 rings (SSSR count). The fourth-order valence-electron chi connectivity index (χ4n) is 1.92. The summed E-state index contributed by atoms with van der Waals surface area (Å²) in [6.07, 6.45) is 0.698. The molecule has 0 aromatic heterocycles. The molecule has 1 amide bonds. The SMILES string of the molecule is CC(C)(CO)NC(=O)[C@@H]1Cc2ccccc2N1. The van der Waals surface area contributed by atoms with E-state index in [0.717, 1.165) is 11.3 Å². The molecule has 1 aromatic carbocycles. The van der Waals surface area contributed by atoms with Crippen LogP contribution in [0.4, 0.5) is 5.69 Å². The Bertz CT molecular complexity index is 404. The van der Waals surface area contributed by atoms with Gasteiger partial charge in [0.1, 0.15) is 6.04 Å². The Balaban J connectivity index is 2.01. The van der Waals surface area contributed by atoms with Crippen LogP contribution in [0.5, 0.6) is 0 Å². The first-order valence-corrected chi connectivity index (χ1v) is 5.79. The largest absolute Gasteiger partial charge is 0.394 e. The number of hydrogen-bond donors (Lipinski definition) is 3. The minimum atomic E-state index is -0.576. The van der Waals surface area contributed by atoms with Gasteiger partial charge < -0.3 is 15.7 Å². The zero-order chi connectivity index (χ0) is 12.5. The Morgan fingerprint density at radius 2 is 2.24 bits per heavy atom. The number of aliphatic hydroxyl groups is 1. The third-order valence-electron chi connectivity index (χ3n) is 2.94. The van der Waals surface area contributed by atoms with Crippen LogP contribution >= 0.6 is 0 Å². The van der Waals surface area contributed by atoms with Gasteiger partial charge >= 0.3 is 0 Å². The molecule has 17 heavy (non-hydrogen) atoms. The first kappa shape index (κ1) is 11.9. The molecule has 0 spiro atoms. The predicted molar refractivity (Wildman–Crippen MR) is 66.9 cm³/mol. The van der Waals surface area contributed by atoms with E-state index in [1.54, 1.807) is 13.8 Å². The van der Waals surface area contributed by atoms with E-state index in [0.29, 0.717) is 6.42 Å². The van der Waals surface area contributed by atoms with Crippen LogP contribution in [0.3, 0.4) is 0 Å². The summed E-state index contributed by atoms with van der Waals surface area (Å²) in [6, 6.07) is 7.67. The molecule has 1 aliphatic heterocycles. The third kappa shape index (κ3) is 2.58. The minimum absolute atomic E-state index is 0.0692. The Hall–Kier alpha value is -1.55. The lowest BCUT2D eigenvalue weighted by atomic mass is 10.1. The van der Waals surface area contributed by atoms with E-state index >= 15 is 0 Å². The Morgan fingerprint density at radius 3 is 2.88 bits per heavy atom. The number of carbonyl (C=O) groups excluding carboxylic acids is 1. The van der Waals surface area contributed by atoms with Gasteiger partial charge in [-0.3, -0.25) is 4.79 Å². The molecular formula is C13H18N2O2. The summed E-state index contributed by atoms with van der Waals surface area (Å²) in [5, 5.41) is 15.1. The summed E-state index contributed by atoms with van der Waals surface area (Å²) in [6.45, 7) is 3.53. The van der Waals surface area contributed by atoms with Crippen LogP contribution in [0.2, 0.25) is 0 Å². The Kier molecular flexibility index (Phi) is 3.07. The highest BCUT2D eigenvalue weighted by Gasteiger charge is 2.29. The maximum absolute atomic E-state index is 12.0. The van der Waals surface area contributed by atoms with Crippen molar-refractivity contribution in [2.24, 2.45) is 0 Å². The van der Waals surface area contributed by atoms with Gasteiger partial charge in [0.25, 0.3) is 0 Å². The first-order chi connectivity index (χ1) is 8.02. The smallest absolute Gasteiger partial charge is 0.243 e. The number of benzene rings is 1. The molecule has 4 heteroatoms. The van der Waals surface area contributed by atoms with Crippen molar-refractivity contribution in [3.05, 3.63) is 29.8 Å². The molecule has 0 unspecified atom stereocenters. The normalized spacial score (nSPS) is 18.4. The Labute approximate surface area is 101 Å². The first-order valence-electron chi connectivity index (χ1n) is 5.79. The lowest BCUT2D eigenvalue weighted by Gasteiger charge is -2.25. The molecule has 0 aliphatic carbocycles. The fourth-order valence-corrected chi connectivity index (χ4v) is 1.92. The monoisotopic (exact) mass is 234 g/mol. The molecule has 0 bridgehead atoms. The van der Waals surface area contributed by atoms with Gasteiger partial charge in [0.15, 0.2) is 0 Å². The standard InChI is InChI=1S/C13H18N2O2/c1-13(2,8-16)15-12(17)11-7-9-5-3-4-6-10(9)14-11/h3-6,11,14,16H,7-8H2,1-2H3,(H,15,17)/t11-/m0/s1. The van der Waals surface area contributed by atoms with Gasteiger partial charge in [-0.15, -0.1) is 0 Å². The number of carbonyl (C=O) groups is 1. The molecule has 0 saturated heterocycles. The van der Waals surface area contributed by atoms with Crippen LogP contribution in [0.25, 0.3) is 0 Å². The average molecular weight is 234 g/mol. The molecule has 0 radical (unpaired) electrons. The highest BCUT2D eigenvalue weighted by molar-refractivity contribution is 5.87. The lowest BCUT2D eigenvalue weighted by molar-refractivity contribution is -0.123. The summed E-state index contributed by atoms with van der Waals surface area (Å²) in [7, 11) is 0. The van der Waals surface area contributed by atoms with Crippen LogP contribution < -0.4 is 10.6 Å².